The SMILES string of the molecule is I[I-]C(I)C1CCCCC1[I-]I. The second-order valence-electron chi connectivity index (χ2n) is 2.96. The van der Waals surface area contributed by atoms with E-state index < -0.39 is 0 Å². The van der Waals surface area contributed by atoms with Crippen molar-refractivity contribution in [2.75, 3.05) is 0 Å². The average Bonchev–Trinajstić information content (AvgIpc) is 2.16. The number of halogens is 5. The Morgan fingerprint density at radius 3 is 2.42 bits per heavy atom. The van der Waals surface area contributed by atoms with Gasteiger partial charge >= 0.3 is 132 Å². The van der Waals surface area contributed by atoms with Crippen molar-refractivity contribution >= 4 is 59.8 Å². The molecule has 0 aromatic carbocycles. The molecule has 0 bridgehead atoms. The van der Waals surface area contributed by atoms with Gasteiger partial charge in [-0.1, -0.05) is 0 Å². The zero-order chi connectivity index (χ0) is 8.97. The Morgan fingerprint density at radius 1 is 1.17 bits per heavy atom. The summed E-state index contributed by atoms with van der Waals surface area (Å²) in [6, 6.07) is 0. The summed E-state index contributed by atoms with van der Waals surface area (Å²) in [5.74, 6) is 1.12. The van der Waals surface area contributed by atoms with E-state index in [-0.39, 0.29) is 0 Å². The Labute approximate surface area is 129 Å². The van der Waals surface area contributed by atoms with Crippen molar-refractivity contribution in [1.29, 1.82) is 0 Å². The standard InChI is InChI=1S/C7H11I5/c8-7(12-10)5-3-1-2-4-6(5)11-9/h5-7H,1-4H2/q-2. The summed E-state index contributed by atoms with van der Waals surface area (Å²) in [4.78, 5) is 0. The van der Waals surface area contributed by atoms with Crippen molar-refractivity contribution in [1.82, 2.24) is 0 Å². The van der Waals surface area contributed by atoms with Crippen LogP contribution in [-0.2, 0) is 0 Å². The zero-order valence-electron chi connectivity index (χ0n) is 6.45. The second kappa shape index (κ2) is 7.85. The van der Waals surface area contributed by atoms with Crippen LogP contribution in [0.5, 0.6) is 0 Å². The van der Waals surface area contributed by atoms with Crippen molar-refractivity contribution in [2.45, 2.75) is 31.5 Å². The summed E-state index contributed by atoms with van der Waals surface area (Å²) in [7, 11) is 0. The van der Waals surface area contributed by atoms with Crippen LogP contribution in [0.15, 0.2) is 0 Å². The summed E-state index contributed by atoms with van der Waals surface area (Å²) in [6.45, 7) is 0. The van der Waals surface area contributed by atoms with Gasteiger partial charge in [0.1, 0.15) is 0 Å². The predicted octanol–water partition coefficient (Wildman–Crippen LogP) is -1.82. The normalized spacial score (nSPS) is 33.9. The van der Waals surface area contributed by atoms with E-state index in [0.29, 0.717) is 34.5 Å². The van der Waals surface area contributed by atoms with Crippen LogP contribution >= 0.6 is 59.8 Å². The fraction of sp³-hybridized carbons (Fsp3) is 1.00. The van der Waals surface area contributed by atoms with Crippen LogP contribution in [-0.4, -0.2) is 5.86 Å². The molecule has 12 heavy (non-hydrogen) atoms. The van der Waals surface area contributed by atoms with Crippen LogP contribution in [0.4, 0.5) is 0 Å². The minimum atomic E-state index is 0.457. The van der Waals surface area contributed by atoms with E-state index in [1.165, 1.54) is 12.8 Å². The van der Waals surface area contributed by atoms with Gasteiger partial charge in [-0.3, -0.25) is 0 Å². The van der Waals surface area contributed by atoms with E-state index in [1.807, 2.05) is 0 Å². The third-order valence-corrected chi connectivity index (χ3v) is 21.8. The molecule has 0 heterocycles. The van der Waals surface area contributed by atoms with Crippen LogP contribution in [0.25, 0.3) is 0 Å². The van der Waals surface area contributed by atoms with Crippen molar-refractivity contribution in [3.8, 4) is 0 Å². The van der Waals surface area contributed by atoms with Crippen molar-refractivity contribution in [2.24, 2.45) is 5.92 Å². The van der Waals surface area contributed by atoms with Crippen LogP contribution in [0.2, 0.25) is 0 Å². The molecule has 0 aliphatic heterocycles. The van der Waals surface area contributed by atoms with E-state index in [4.69, 9.17) is 0 Å². The molecule has 0 nitrogen and oxygen atoms in total. The Morgan fingerprint density at radius 2 is 1.83 bits per heavy atom. The molecule has 0 aromatic heterocycles. The monoisotopic (exact) mass is 730 g/mol. The topological polar surface area (TPSA) is 0 Å². The Hall–Kier alpha value is 3.65. The molecule has 0 aromatic rings. The second-order valence-corrected chi connectivity index (χ2v) is 16.9. The van der Waals surface area contributed by atoms with Crippen molar-refractivity contribution < 1.29 is 34.5 Å². The molecule has 5 heteroatoms. The molecule has 0 spiro atoms. The van der Waals surface area contributed by atoms with E-state index in [0.717, 1.165) is 11.8 Å². The Bertz CT molecular complexity index is 129. The molecule has 1 aliphatic rings. The molecule has 1 rings (SSSR count). The van der Waals surface area contributed by atoms with Gasteiger partial charge in [-0.2, -0.15) is 0 Å². The Balaban J connectivity index is 2.46. The first kappa shape index (κ1) is 13.7. The van der Waals surface area contributed by atoms with Gasteiger partial charge in [0.25, 0.3) is 0 Å². The average molecular weight is 730 g/mol. The van der Waals surface area contributed by atoms with Gasteiger partial charge in [0.05, 0.1) is 0 Å². The number of rotatable bonds is 3. The fourth-order valence-corrected chi connectivity index (χ4v) is 13.3. The molecule has 0 radical (unpaired) electrons. The van der Waals surface area contributed by atoms with Gasteiger partial charge in [0.2, 0.25) is 0 Å². The molecule has 3 unspecified atom stereocenters. The molecule has 1 fully saturated rings. The van der Waals surface area contributed by atoms with E-state index in [9.17, 15) is 0 Å². The Kier molecular flexibility index (Phi) is 8.97. The molecule has 1 aliphatic carbocycles. The fourth-order valence-electron chi connectivity index (χ4n) is 1.56. The first-order valence-electron chi connectivity index (χ1n) is 3.92. The summed E-state index contributed by atoms with van der Waals surface area (Å²) < 4.78 is 2.22. The molecule has 0 amide bonds. The first-order valence-corrected chi connectivity index (χ1v) is 20.2. The quantitative estimate of drug-likeness (QED) is 0.238. The maximum absolute atomic E-state index is 2.72. The molecule has 76 valence electrons. The van der Waals surface area contributed by atoms with Gasteiger partial charge in [0.15, 0.2) is 0 Å². The molecule has 1 saturated carbocycles. The third-order valence-electron chi connectivity index (χ3n) is 2.24. The summed E-state index contributed by atoms with van der Waals surface area (Å²) in [6.07, 6.45) is 6.14. The van der Waals surface area contributed by atoms with Gasteiger partial charge in [-0.25, -0.2) is 0 Å². The summed E-state index contributed by atoms with van der Waals surface area (Å²) in [5.41, 5.74) is 0. The van der Waals surface area contributed by atoms with Crippen LogP contribution in [0, 0.1) is 5.92 Å². The minimum absolute atomic E-state index is 0.457. The van der Waals surface area contributed by atoms with Crippen LogP contribution in [0.1, 0.15) is 25.7 Å². The van der Waals surface area contributed by atoms with Crippen molar-refractivity contribution in [3.63, 3.8) is 0 Å². The molecule has 0 N–H and O–H groups in total. The number of hydrogen-bond acceptors (Lipinski definition) is 0. The van der Waals surface area contributed by atoms with E-state index in [2.05, 4.69) is 59.8 Å². The zero-order valence-corrected chi connectivity index (χ0v) is 17.2. The van der Waals surface area contributed by atoms with Crippen molar-refractivity contribution in [3.05, 3.63) is 0 Å². The van der Waals surface area contributed by atoms with Crippen LogP contribution < -0.4 is 34.5 Å². The first-order chi connectivity index (χ1) is 5.79. The van der Waals surface area contributed by atoms with E-state index in [1.54, 1.807) is 12.8 Å². The maximum atomic E-state index is 2.72. The van der Waals surface area contributed by atoms with Crippen LogP contribution in [0.3, 0.4) is 0 Å². The predicted molar refractivity (Wildman–Crippen MR) is 71.6 cm³/mol. The molecule has 0 saturated heterocycles. The summed E-state index contributed by atoms with van der Waals surface area (Å²) in [5, 5.41) is 0. The third kappa shape index (κ3) is 4.26. The molecular formula is C7H11I5-2. The number of hydrogen-bond donors (Lipinski definition) is 0. The molecule has 3 atom stereocenters. The van der Waals surface area contributed by atoms with E-state index >= 15 is 0 Å². The van der Waals surface area contributed by atoms with Gasteiger partial charge in [-0.15, -0.1) is 0 Å². The van der Waals surface area contributed by atoms with Gasteiger partial charge in [-0.05, 0) is 0 Å². The number of alkyl halides is 3. The van der Waals surface area contributed by atoms with Gasteiger partial charge in [0, 0.05) is 0 Å². The summed E-state index contributed by atoms with van der Waals surface area (Å²) >= 11 is 9.00. The molecular weight excluding hydrogens is 719 g/mol. The van der Waals surface area contributed by atoms with Gasteiger partial charge < -0.3 is 0 Å².